The minimum Gasteiger partial charge on any atom is -0.313 e. The minimum atomic E-state index is 0.435. The Kier molecular flexibility index (Phi) is 3.57. The fourth-order valence-electron chi connectivity index (χ4n) is 1.52. The van der Waals surface area contributed by atoms with E-state index in [-0.39, 0.29) is 0 Å². The molecule has 0 spiro atoms. The smallest absolute Gasteiger partial charge is 0.135 e. The molecular weight excluding hydrogens is 138 g/mol. The van der Waals surface area contributed by atoms with E-state index in [1.54, 1.807) is 0 Å². The molecule has 0 saturated carbocycles. The molecule has 0 aromatic carbocycles. The summed E-state index contributed by atoms with van der Waals surface area (Å²) in [6.45, 7) is 3.08. The number of hydrogen-bond donors (Lipinski definition) is 1. The van der Waals surface area contributed by atoms with Gasteiger partial charge in [-0.25, -0.2) is 0 Å². The van der Waals surface area contributed by atoms with Crippen molar-refractivity contribution >= 4 is 5.78 Å². The van der Waals surface area contributed by atoms with Gasteiger partial charge in [-0.3, -0.25) is 4.79 Å². The lowest BCUT2D eigenvalue weighted by molar-refractivity contribution is -0.120. The molecule has 0 radical (unpaired) electrons. The molecule has 0 amide bonds. The van der Waals surface area contributed by atoms with E-state index in [2.05, 4.69) is 12.2 Å². The molecule has 0 aliphatic carbocycles. The normalized spacial score (nSPS) is 25.5. The van der Waals surface area contributed by atoms with Crippen LogP contribution in [0.25, 0.3) is 0 Å². The molecule has 1 atom stereocenters. The van der Waals surface area contributed by atoms with Crippen LogP contribution >= 0.6 is 0 Å². The number of hydrogen-bond acceptors (Lipinski definition) is 2. The van der Waals surface area contributed by atoms with Gasteiger partial charge in [0, 0.05) is 25.4 Å². The predicted molar refractivity (Wildman–Crippen MR) is 45.6 cm³/mol. The molecule has 0 aromatic rings. The summed E-state index contributed by atoms with van der Waals surface area (Å²) in [5, 5.41) is 3.36. The maximum Gasteiger partial charge on any atom is 0.135 e. The molecule has 1 heterocycles. The summed E-state index contributed by atoms with van der Waals surface area (Å²) < 4.78 is 0. The highest BCUT2D eigenvalue weighted by Gasteiger charge is 2.17. The lowest BCUT2D eigenvalue weighted by atomic mass is 9.99. The van der Waals surface area contributed by atoms with Crippen LogP contribution < -0.4 is 5.32 Å². The summed E-state index contributed by atoms with van der Waals surface area (Å²) >= 11 is 0. The quantitative estimate of drug-likeness (QED) is 0.669. The summed E-state index contributed by atoms with van der Waals surface area (Å²) in [5.74, 6) is 0.435. The standard InChI is InChI=1S/C9H17NO/c1-2-3-4-8-7-9(11)5-6-10-8/h8,10H,2-7H2,1H3/t8-/m0/s1. The van der Waals surface area contributed by atoms with Crippen LogP contribution in [0.15, 0.2) is 0 Å². The SMILES string of the molecule is CCCC[C@H]1CC(=O)CCN1. The summed E-state index contributed by atoms with van der Waals surface area (Å²) in [6.07, 6.45) is 5.14. The second kappa shape index (κ2) is 4.50. The largest absolute Gasteiger partial charge is 0.313 e. The summed E-state index contributed by atoms with van der Waals surface area (Å²) in [6, 6.07) is 0.483. The average molecular weight is 155 g/mol. The number of Topliss-reactive ketones (excluding diaryl/α,β-unsaturated/α-hetero) is 1. The minimum absolute atomic E-state index is 0.435. The van der Waals surface area contributed by atoms with Gasteiger partial charge in [0.25, 0.3) is 0 Å². The van der Waals surface area contributed by atoms with Crippen LogP contribution in [0.4, 0.5) is 0 Å². The summed E-state index contributed by atoms with van der Waals surface area (Å²) in [4.78, 5) is 11.0. The highest BCUT2D eigenvalue weighted by atomic mass is 16.1. The maximum atomic E-state index is 11.0. The van der Waals surface area contributed by atoms with E-state index in [0.29, 0.717) is 11.8 Å². The van der Waals surface area contributed by atoms with Crippen molar-refractivity contribution in [2.75, 3.05) is 6.54 Å². The Labute approximate surface area is 68.4 Å². The summed E-state index contributed by atoms with van der Waals surface area (Å²) in [7, 11) is 0. The molecule has 2 heteroatoms. The number of rotatable bonds is 3. The van der Waals surface area contributed by atoms with Gasteiger partial charge in [0.05, 0.1) is 0 Å². The zero-order valence-corrected chi connectivity index (χ0v) is 7.23. The zero-order valence-electron chi connectivity index (χ0n) is 7.23. The molecule has 0 aromatic heterocycles. The van der Waals surface area contributed by atoms with Crippen molar-refractivity contribution in [3.63, 3.8) is 0 Å². The van der Waals surface area contributed by atoms with Crippen LogP contribution in [0.5, 0.6) is 0 Å². The molecule has 1 aliphatic rings. The third-order valence-electron chi connectivity index (χ3n) is 2.22. The molecule has 1 saturated heterocycles. The number of carbonyl (C=O) groups excluding carboxylic acids is 1. The lowest BCUT2D eigenvalue weighted by Crippen LogP contribution is -2.38. The zero-order chi connectivity index (χ0) is 8.10. The third kappa shape index (κ3) is 3.02. The Morgan fingerprint density at radius 2 is 2.45 bits per heavy atom. The first-order valence-electron chi connectivity index (χ1n) is 4.58. The topological polar surface area (TPSA) is 29.1 Å². The fraction of sp³-hybridized carbons (Fsp3) is 0.889. The van der Waals surface area contributed by atoms with Crippen molar-refractivity contribution in [1.29, 1.82) is 0 Å². The predicted octanol–water partition coefficient (Wildman–Crippen LogP) is 1.50. The Hall–Kier alpha value is -0.370. The maximum absolute atomic E-state index is 11.0. The van der Waals surface area contributed by atoms with Crippen LogP contribution in [0.1, 0.15) is 39.0 Å². The van der Waals surface area contributed by atoms with Crippen molar-refractivity contribution < 1.29 is 4.79 Å². The van der Waals surface area contributed by atoms with E-state index < -0.39 is 0 Å². The van der Waals surface area contributed by atoms with Gasteiger partial charge in [-0.15, -0.1) is 0 Å². The number of nitrogens with one attached hydrogen (secondary N) is 1. The van der Waals surface area contributed by atoms with E-state index in [1.807, 2.05) is 0 Å². The molecule has 1 N–H and O–H groups in total. The molecule has 1 aliphatic heterocycles. The van der Waals surface area contributed by atoms with E-state index in [1.165, 1.54) is 19.3 Å². The molecule has 0 unspecified atom stereocenters. The van der Waals surface area contributed by atoms with Crippen LogP contribution in [-0.2, 0) is 4.79 Å². The van der Waals surface area contributed by atoms with Crippen molar-refractivity contribution in [2.24, 2.45) is 0 Å². The molecule has 1 rings (SSSR count). The molecule has 1 fully saturated rings. The van der Waals surface area contributed by atoms with E-state index in [0.717, 1.165) is 19.4 Å². The van der Waals surface area contributed by atoms with Crippen molar-refractivity contribution in [3.8, 4) is 0 Å². The first kappa shape index (κ1) is 8.72. The Morgan fingerprint density at radius 1 is 1.64 bits per heavy atom. The van der Waals surface area contributed by atoms with Gasteiger partial charge in [-0.1, -0.05) is 19.8 Å². The highest BCUT2D eigenvalue weighted by molar-refractivity contribution is 5.79. The molecule has 0 bridgehead atoms. The van der Waals surface area contributed by atoms with Gasteiger partial charge in [0.2, 0.25) is 0 Å². The fourth-order valence-corrected chi connectivity index (χ4v) is 1.52. The van der Waals surface area contributed by atoms with Crippen LogP contribution in [0.2, 0.25) is 0 Å². The number of unbranched alkanes of at least 4 members (excludes halogenated alkanes) is 1. The van der Waals surface area contributed by atoms with Gasteiger partial charge in [-0.2, -0.15) is 0 Å². The second-order valence-electron chi connectivity index (χ2n) is 3.29. The molecule has 64 valence electrons. The second-order valence-corrected chi connectivity index (χ2v) is 3.29. The van der Waals surface area contributed by atoms with Gasteiger partial charge < -0.3 is 5.32 Å². The first-order valence-corrected chi connectivity index (χ1v) is 4.58. The number of ketones is 1. The molecular formula is C9H17NO. The number of piperidine rings is 1. The highest BCUT2D eigenvalue weighted by Crippen LogP contribution is 2.09. The van der Waals surface area contributed by atoms with Crippen LogP contribution in [-0.4, -0.2) is 18.4 Å². The lowest BCUT2D eigenvalue weighted by Gasteiger charge is -2.22. The van der Waals surface area contributed by atoms with Crippen LogP contribution in [0, 0.1) is 0 Å². The van der Waals surface area contributed by atoms with Gasteiger partial charge in [-0.05, 0) is 6.42 Å². The van der Waals surface area contributed by atoms with E-state index >= 15 is 0 Å². The molecule has 2 nitrogen and oxygen atoms in total. The number of carbonyl (C=O) groups is 1. The van der Waals surface area contributed by atoms with Gasteiger partial charge in [0.15, 0.2) is 0 Å². The summed E-state index contributed by atoms with van der Waals surface area (Å²) in [5.41, 5.74) is 0. The Balaban J connectivity index is 2.17. The van der Waals surface area contributed by atoms with Crippen LogP contribution in [0.3, 0.4) is 0 Å². The molecule has 11 heavy (non-hydrogen) atoms. The Bertz CT molecular complexity index is 134. The van der Waals surface area contributed by atoms with Gasteiger partial charge in [0.1, 0.15) is 5.78 Å². The van der Waals surface area contributed by atoms with Crippen molar-refractivity contribution in [1.82, 2.24) is 5.32 Å². The van der Waals surface area contributed by atoms with Crippen molar-refractivity contribution in [3.05, 3.63) is 0 Å². The van der Waals surface area contributed by atoms with E-state index in [4.69, 9.17) is 0 Å². The van der Waals surface area contributed by atoms with E-state index in [9.17, 15) is 4.79 Å². The first-order chi connectivity index (χ1) is 5.33. The monoisotopic (exact) mass is 155 g/mol. The van der Waals surface area contributed by atoms with Gasteiger partial charge >= 0.3 is 0 Å². The Morgan fingerprint density at radius 3 is 3.09 bits per heavy atom. The van der Waals surface area contributed by atoms with Crippen molar-refractivity contribution in [2.45, 2.75) is 45.1 Å². The third-order valence-corrected chi connectivity index (χ3v) is 2.22. The average Bonchev–Trinajstić information content (AvgIpc) is 2.01.